The van der Waals surface area contributed by atoms with Crippen LogP contribution in [0.3, 0.4) is 0 Å². The van der Waals surface area contributed by atoms with Crippen molar-refractivity contribution in [2.24, 2.45) is 5.73 Å². The minimum Gasteiger partial charge on any atom is -0.322 e. The predicted molar refractivity (Wildman–Crippen MR) is 118 cm³/mol. The van der Waals surface area contributed by atoms with E-state index >= 15 is 0 Å². The Balaban J connectivity index is 1.94. The number of rotatable bonds is 9. The van der Waals surface area contributed by atoms with Gasteiger partial charge in [0.15, 0.2) is 0 Å². The monoisotopic (exact) mass is 456 g/mol. The molecule has 2 unspecified atom stereocenters. The van der Waals surface area contributed by atoms with Crippen LogP contribution >= 0.6 is 0 Å². The molecule has 0 aliphatic heterocycles. The highest BCUT2D eigenvalue weighted by molar-refractivity contribution is 7.88. The van der Waals surface area contributed by atoms with Gasteiger partial charge in [-0.15, -0.1) is 0 Å². The van der Waals surface area contributed by atoms with Crippen LogP contribution in [0.25, 0.3) is 0 Å². The number of nitrogens with two attached hydrogens (primary N) is 1. The molecule has 0 radical (unpaired) electrons. The van der Waals surface area contributed by atoms with Crippen molar-refractivity contribution in [3.63, 3.8) is 0 Å². The Hall–Kier alpha value is -3.67. The number of hydrogen-bond acceptors (Lipinski definition) is 7. The maximum Gasteiger partial charge on any atom is 0.276 e. The fourth-order valence-corrected chi connectivity index (χ4v) is 4.64. The summed E-state index contributed by atoms with van der Waals surface area (Å²) in [7, 11) is -4.10. The summed E-state index contributed by atoms with van der Waals surface area (Å²) >= 11 is 0. The number of nitro benzene ring substituents is 2. The zero-order valence-electron chi connectivity index (χ0n) is 16.7. The van der Waals surface area contributed by atoms with Gasteiger partial charge in [0.05, 0.1) is 33.7 Å². The standard InChI is InChI=1S/C21H20N4O6S/c22-20(16-7-3-1-4-8-16)21(17-9-5-2-6-10-17)23-32(30,31)14-15-11-18(24(26)27)13-19(12-15)25(28)29/h1-13,20-21,23H,14,22H2. The molecule has 32 heavy (non-hydrogen) atoms. The van der Waals surface area contributed by atoms with Crippen LogP contribution in [-0.2, 0) is 15.8 Å². The average molecular weight is 456 g/mol. The van der Waals surface area contributed by atoms with E-state index in [2.05, 4.69) is 4.72 Å². The van der Waals surface area contributed by atoms with Crippen molar-refractivity contribution in [2.45, 2.75) is 17.8 Å². The Morgan fingerprint density at radius 2 is 1.28 bits per heavy atom. The number of nitro groups is 2. The first-order chi connectivity index (χ1) is 15.2. The Morgan fingerprint density at radius 1 is 0.812 bits per heavy atom. The normalized spacial score (nSPS) is 13.3. The van der Waals surface area contributed by atoms with Gasteiger partial charge in [-0.3, -0.25) is 20.2 Å². The van der Waals surface area contributed by atoms with Gasteiger partial charge in [0, 0.05) is 12.1 Å². The van der Waals surface area contributed by atoms with E-state index in [9.17, 15) is 28.6 Å². The van der Waals surface area contributed by atoms with Gasteiger partial charge >= 0.3 is 0 Å². The molecule has 0 saturated carbocycles. The van der Waals surface area contributed by atoms with Crippen molar-refractivity contribution >= 4 is 21.4 Å². The Morgan fingerprint density at radius 3 is 1.75 bits per heavy atom. The highest BCUT2D eigenvalue weighted by Crippen LogP contribution is 2.29. The number of hydrogen-bond donors (Lipinski definition) is 2. The van der Waals surface area contributed by atoms with Crippen LogP contribution in [0.2, 0.25) is 0 Å². The molecule has 3 rings (SSSR count). The molecule has 3 N–H and O–H groups in total. The third-order valence-electron chi connectivity index (χ3n) is 4.75. The van der Waals surface area contributed by atoms with E-state index in [0.717, 1.165) is 18.2 Å². The summed E-state index contributed by atoms with van der Waals surface area (Å²) in [5.41, 5.74) is 6.51. The Kier molecular flexibility index (Phi) is 6.93. The lowest BCUT2D eigenvalue weighted by Crippen LogP contribution is -2.36. The van der Waals surface area contributed by atoms with Gasteiger partial charge in [0.1, 0.15) is 0 Å². The van der Waals surface area contributed by atoms with E-state index in [1.807, 2.05) is 6.07 Å². The first kappa shape index (κ1) is 23.0. The Labute approximate surface area is 184 Å². The summed E-state index contributed by atoms with van der Waals surface area (Å²) in [5.74, 6) is -0.694. The molecule has 3 aromatic carbocycles. The topological polar surface area (TPSA) is 158 Å². The van der Waals surface area contributed by atoms with E-state index in [1.165, 1.54) is 0 Å². The minimum atomic E-state index is -4.10. The van der Waals surface area contributed by atoms with E-state index in [4.69, 9.17) is 5.73 Å². The largest absolute Gasteiger partial charge is 0.322 e. The highest BCUT2D eigenvalue weighted by atomic mass is 32.2. The van der Waals surface area contributed by atoms with Crippen molar-refractivity contribution < 1.29 is 18.3 Å². The summed E-state index contributed by atoms with van der Waals surface area (Å²) < 4.78 is 28.5. The molecule has 166 valence electrons. The van der Waals surface area contributed by atoms with E-state index in [0.29, 0.717) is 11.1 Å². The molecule has 0 fully saturated rings. The molecule has 11 heteroatoms. The summed E-state index contributed by atoms with van der Waals surface area (Å²) in [6, 6.07) is 18.9. The lowest BCUT2D eigenvalue weighted by molar-refractivity contribution is -0.394. The molecule has 0 amide bonds. The molecule has 0 aliphatic rings. The van der Waals surface area contributed by atoms with E-state index in [1.54, 1.807) is 54.6 Å². The zero-order chi connectivity index (χ0) is 23.3. The van der Waals surface area contributed by atoms with Crippen LogP contribution in [-0.4, -0.2) is 18.3 Å². The van der Waals surface area contributed by atoms with Crippen molar-refractivity contribution in [3.05, 3.63) is 116 Å². The van der Waals surface area contributed by atoms with Crippen LogP contribution < -0.4 is 10.5 Å². The molecular formula is C21H20N4O6S. The summed E-state index contributed by atoms with van der Waals surface area (Å²) in [4.78, 5) is 20.6. The first-order valence-electron chi connectivity index (χ1n) is 9.44. The highest BCUT2D eigenvalue weighted by Gasteiger charge is 2.27. The zero-order valence-corrected chi connectivity index (χ0v) is 17.5. The number of benzene rings is 3. The van der Waals surface area contributed by atoms with Gasteiger partial charge in [0.2, 0.25) is 10.0 Å². The maximum atomic E-state index is 13.0. The van der Waals surface area contributed by atoms with Gasteiger partial charge in [-0.25, -0.2) is 13.1 Å². The molecule has 0 spiro atoms. The van der Waals surface area contributed by atoms with E-state index < -0.39 is 49.1 Å². The first-order valence-corrected chi connectivity index (χ1v) is 11.1. The second kappa shape index (κ2) is 9.64. The third kappa shape index (κ3) is 5.72. The van der Waals surface area contributed by atoms with Crippen LogP contribution in [0.5, 0.6) is 0 Å². The van der Waals surface area contributed by atoms with Gasteiger partial charge in [-0.1, -0.05) is 60.7 Å². The fraction of sp³-hybridized carbons (Fsp3) is 0.143. The summed E-state index contributed by atoms with van der Waals surface area (Å²) in [6.07, 6.45) is 0. The molecule has 0 heterocycles. The molecule has 10 nitrogen and oxygen atoms in total. The lowest BCUT2D eigenvalue weighted by atomic mass is 9.95. The predicted octanol–water partition coefficient (Wildman–Crippen LogP) is 3.36. The summed E-state index contributed by atoms with van der Waals surface area (Å²) in [6.45, 7) is 0. The van der Waals surface area contributed by atoms with Crippen molar-refractivity contribution in [1.82, 2.24) is 4.72 Å². The molecule has 2 atom stereocenters. The fourth-order valence-electron chi connectivity index (χ4n) is 3.28. The van der Waals surface area contributed by atoms with Crippen LogP contribution in [0.4, 0.5) is 11.4 Å². The second-order valence-electron chi connectivity index (χ2n) is 7.07. The lowest BCUT2D eigenvalue weighted by Gasteiger charge is -2.26. The SMILES string of the molecule is NC(c1ccccc1)C(NS(=O)(=O)Cc1cc([N+](=O)[O-])cc([N+](=O)[O-])c1)c1ccccc1. The van der Waals surface area contributed by atoms with Crippen LogP contribution in [0, 0.1) is 20.2 Å². The van der Waals surface area contributed by atoms with Crippen molar-refractivity contribution in [1.29, 1.82) is 0 Å². The quantitative estimate of drug-likeness (QED) is 0.369. The molecule has 0 aromatic heterocycles. The maximum absolute atomic E-state index is 13.0. The van der Waals surface area contributed by atoms with Crippen LogP contribution in [0.15, 0.2) is 78.9 Å². The molecule has 3 aromatic rings. The van der Waals surface area contributed by atoms with Gasteiger partial charge in [-0.05, 0) is 16.7 Å². The molecule has 0 aliphatic carbocycles. The molecular weight excluding hydrogens is 436 g/mol. The van der Waals surface area contributed by atoms with E-state index in [-0.39, 0.29) is 5.56 Å². The van der Waals surface area contributed by atoms with Crippen molar-refractivity contribution in [2.75, 3.05) is 0 Å². The number of nitrogens with one attached hydrogen (secondary N) is 1. The third-order valence-corrected chi connectivity index (χ3v) is 6.08. The minimum absolute atomic E-state index is 0.0847. The Bertz CT molecular complexity index is 1190. The number of sulfonamides is 1. The average Bonchev–Trinajstić information content (AvgIpc) is 2.77. The smallest absolute Gasteiger partial charge is 0.276 e. The van der Waals surface area contributed by atoms with Crippen molar-refractivity contribution in [3.8, 4) is 0 Å². The van der Waals surface area contributed by atoms with Gasteiger partial charge < -0.3 is 5.73 Å². The van der Waals surface area contributed by atoms with Gasteiger partial charge in [-0.2, -0.15) is 0 Å². The number of non-ortho nitro benzene ring substituents is 2. The molecule has 0 bridgehead atoms. The number of nitrogens with zero attached hydrogens (tertiary/aromatic N) is 2. The second-order valence-corrected chi connectivity index (χ2v) is 8.83. The molecule has 0 saturated heterocycles. The van der Waals surface area contributed by atoms with Crippen LogP contribution in [0.1, 0.15) is 28.8 Å². The van der Waals surface area contributed by atoms with Gasteiger partial charge in [0.25, 0.3) is 11.4 Å². The summed E-state index contributed by atoms with van der Waals surface area (Å²) in [5, 5.41) is 22.2.